The van der Waals surface area contributed by atoms with Gasteiger partial charge in [0.25, 0.3) is 0 Å². The summed E-state index contributed by atoms with van der Waals surface area (Å²) in [5.74, 6) is 1.61. The summed E-state index contributed by atoms with van der Waals surface area (Å²) in [4.78, 5) is 4.20. The fourth-order valence-corrected chi connectivity index (χ4v) is 1.43. The minimum atomic E-state index is 0.254. The monoisotopic (exact) mass is 209 g/mol. The molecular weight excluding hydrogens is 198 g/mol. The van der Waals surface area contributed by atoms with E-state index in [1.807, 2.05) is 35.7 Å². The number of nitrogens with one attached hydrogen (secondary N) is 1. The maximum absolute atomic E-state index is 5.74. The molecule has 0 amide bonds. The van der Waals surface area contributed by atoms with E-state index < -0.39 is 0 Å². The molecule has 0 radical (unpaired) electrons. The average molecular weight is 210 g/mol. The van der Waals surface area contributed by atoms with Gasteiger partial charge in [-0.25, -0.2) is 4.98 Å². The van der Waals surface area contributed by atoms with Crippen LogP contribution in [0, 0.1) is 0 Å². The molecule has 2 aromatic heterocycles. The van der Waals surface area contributed by atoms with Crippen LogP contribution in [0.4, 0.5) is 5.82 Å². The highest BCUT2D eigenvalue weighted by Gasteiger charge is 2.03. The van der Waals surface area contributed by atoms with E-state index in [1.165, 1.54) is 0 Å². The van der Waals surface area contributed by atoms with Crippen molar-refractivity contribution in [2.24, 2.45) is 0 Å². The van der Waals surface area contributed by atoms with Gasteiger partial charge in [-0.3, -0.25) is 4.40 Å². The summed E-state index contributed by atoms with van der Waals surface area (Å²) < 4.78 is 2.00. The first-order valence-electron chi connectivity index (χ1n) is 4.56. The van der Waals surface area contributed by atoms with Gasteiger partial charge in [-0.15, -0.1) is 11.6 Å². The largest absolute Gasteiger partial charge is 0.367 e. The van der Waals surface area contributed by atoms with Crippen molar-refractivity contribution in [3.05, 3.63) is 30.6 Å². The second-order valence-corrected chi connectivity index (χ2v) is 3.57. The molecule has 0 aliphatic carbocycles. The third-order valence-corrected chi connectivity index (χ3v) is 2.52. The van der Waals surface area contributed by atoms with Crippen LogP contribution >= 0.6 is 11.6 Å². The van der Waals surface area contributed by atoms with Gasteiger partial charge < -0.3 is 5.32 Å². The number of hydrogen-bond acceptors (Lipinski definition) is 2. The lowest BCUT2D eigenvalue weighted by Crippen LogP contribution is -2.18. The quantitative estimate of drug-likeness (QED) is 0.787. The van der Waals surface area contributed by atoms with Crippen molar-refractivity contribution >= 4 is 23.1 Å². The summed E-state index contributed by atoms with van der Waals surface area (Å²) >= 11 is 5.74. The van der Waals surface area contributed by atoms with Crippen molar-refractivity contribution in [1.29, 1.82) is 0 Å². The van der Waals surface area contributed by atoms with Crippen LogP contribution in [0.15, 0.2) is 30.6 Å². The van der Waals surface area contributed by atoms with Crippen molar-refractivity contribution in [2.45, 2.75) is 13.0 Å². The second kappa shape index (κ2) is 3.88. The van der Waals surface area contributed by atoms with Crippen LogP contribution in [0.3, 0.4) is 0 Å². The van der Waals surface area contributed by atoms with Gasteiger partial charge in [0.15, 0.2) is 0 Å². The van der Waals surface area contributed by atoms with E-state index in [9.17, 15) is 0 Å². The highest BCUT2D eigenvalue weighted by atomic mass is 35.5. The molecule has 0 bridgehead atoms. The lowest BCUT2D eigenvalue weighted by Gasteiger charge is -2.13. The lowest BCUT2D eigenvalue weighted by molar-refractivity contribution is 0.890. The van der Waals surface area contributed by atoms with Gasteiger partial charge in [0.1, 0.15) is 11.5 Å². The Hall–Kier alpha value is -1.22. The zero-order valence-corrected chi connectivity index (χ0v) is 8.70. The van der Waals surface area contributed by atoms with Crippen molar-refractivity contribution < 1.29 is 0 Å². The molecule has 0 saturated heterocycles. The SMILES string of the molecule is CC(CCl)Nc1cccc2nccn12. The molecule has 0 aliphatic rings. The predicted octanol–water partition coefficient (Wildman–Crippen LogP) is 2.37. The molecule has 0 aliphatic heterocycles. The molecule has 1 N–H and O–H groups in total. The van der Waals surface area contributed by atoms with Crippen LogP contribution in [-0.2, 0) is 0 Å². The number of pyridine rings is 1. The van der Waals surface area contributed by atoms with Crippen LogP contribution in [0.2, 0.25) is 0 Å². The minimum Gasteiger partial charge on any atom is -0.367 e. The van der Waals surface area contributed by atoms with Gasteiger partial charge in [0.2, 0.25) is 0 Å². The Labute approximate surface area is 87.7 Å². The van der Waals surface area contributed by atoms with E-state index in [-0.39, 0.29) is 6.04 Å². The summed E-state index contributed by atoms with van der Waals surface area (Å²) in [6, 6.07) is 6.21. The van der Waals surface area contributed by atoms with Gasteiger partial charge in [-0.05, 0) is 19.1 Å². The molecule has 0 spiro atoms. The van der Waals surface area contributed by atoms with E-state index in [4.69, 9.17) is 11.6 Å². The van der Waals surface area contributed by atoms with E-state index in [1.54, 1.807) is 6.20 Å². The number of imidazole rings is 1. The van der Waals surface area contributed by atoms with Crippen LogP contribution in [0.5, 0.6) is 0 Å². The minimum absolute atomic E-state index is 0.254. The Morgan fingerprint density at radius 2 is 2.43 bits per heavy atom. The number of halogens is 1. The summed E-state index contributed by atoms with van der Waals surface area (Å²) in [6.07, 6.45) is 3.71. The molecule has 74 valence electrons. The molecule has 1 unspecified atom stereocenters. The van der Waals surface area contributed by atoms with Crippen molar-refractivity contribution in [2.75, 3.05) is 11.2 Å². The van der Waals surface area contributed by atoms with Crippen LogP contribution in [-0.4, -0.2) is 21.3 Å². The van der Waals surface area contributed by atoms with Gasteiger partial charge in [-0.1, -0.05) is 6.07 Å². The van der Waals surface area contributed by atoms with Crippen LogP contribution in [0.25, 0.3) is 5.65 Å². The standard InChI is InChI=1S/C10H12ClN3/c1-8(7-11)13-10-4-2-3-9-12-5-6-14(9)10/h2-6,8,13H,7H2,1H3. The van der Waals surface area contributed by atoms with E-state index in [0.717, 1.165) is 11.5 Å². The highest BCUT2D eigenvalue weighted by Crippen LogP contribution is 2.12. The first kappa shape index (κ1) is 9.34. The molecule has 4 heteroatoms. The number of fused-ring (bicyclic) bond motifs is 1. The molecule has 0 fully saturated rings. The van der Waals surface area contributed by atoms with E-state index in [2.05, 4.69) is 10.3 Å². The molecule has 0 saturated carbocycles. The fraction of sp³-hybridized carbons (Fsp3) is 0.300. The van der Waals surface area contributed by atoms with E-state index in [0.29, 0.717) is 5.88 Å². The normalized spacial score (nSPS) is 13.0. The molecule has 1 atom stereocenters. The Kier molecular flexibility index (Phi) is 2.59. The average Bonchev–Trinajstić information content (AvgIpc) is 2.66. The number of anilines is 1. The predicted molar refractivity (Wildman–Crippen MR) is 59.0 cm³/mol. The molecule has 0 aromatic carbocycles. The second-order valence-electron chi connectivity index (χ2n) is 3.27. The summed E-state index contributed by atoms with van der Waals surface area (Å²) in [5.41, 5.74) is 0.941. The molecule has 14 heavy (non-hydrogen) atoms. The van der Waals surface area contributed by atoms with Gasteiger partial charge >= 0.3 is 0 Å². The van der Waals surface area contributed by atoms with E-state index >= 15 is 0 Å². The Morgan fingerprint density at radius 1 is 1.57 bits per heavy atom. The number of aromatic nitrogens is 2. The van der Waals surface area contributed by atoms with Crippen molar-refractivity contribution in [3.63, 3.8) is 0 Å². The number of rotatable bonds is 3. The number of nitrogens with zero attached hydrogens (tertiary/aromatic N) is 2. The maximum atomic E-state index is 5.74. The van der Waals surface area contributed by atoms with Crippen molar-refractivity contribution in [1.82, 2.24) is 9.38 Å². The van der Waals surface area contributed by atoms with Gasteiger partial charge in [0.05, 0.1) is 0 Å². The third kappa shape index (κ3) is 1.68. The highest BCUT2D eigenvalue weighted by molar-refractivity contribution is 6.18. The molecule has 3 nitrogen and oxygen atoms in total. The Bertz CT molecular complexity index is 424. The van der Waals surface area contributed by atoms with Gasteiger partial charge in [-0.2, -0.15) is 0 Å². The molecule has 2 heterocycles. The summed E-state index contributed by atoms with van der Waals surface area (Å²) in [5, 5.41) is 3.31. The smallest absolute Gasteiger partial charge is 0.138 e. The zero-order valence-electron chi connectivity index (χ0n) is 7.94. The lowest BCUT2D eigenvalue weighted by atomic mass is 10.3. The van der Waals surface area contributed by atoms with Crippen LogP contribution < -0.4 is 5.32 Å². The first-order valence-corrected chi connectivity index (χ1v) is 5.09. The molecular formula is C10H12ClN3. The maximum Gasteiger partial charge on any atom is 0.138 e. The van der Waals surface area contributed by atoms with Crippen LogP contribution in [0.1, 0.15) is 6.92 Å². The summed E-state index contributed by atoms with van der Waals surface area (Å²) in [7, 11) is 0. The zero-order chi connectivity index (χ0) is 9.97. The Morgan fingerprint density at radius 3 is 3.21 bits per heavy atom. The fourth-order valence-electron chi connectivity index (χ4n) is 1.36. The number of alkyl halides is 1. The third-order valence-electron chi connectivity index (χ3n) is 2.05. The van der Waals surface area contributed by atoms with Crippen molar-refractivity contribution in [3.8, 4) is 0 Å². The van der Waals surface area contributed by atoms with Gasteiger partial charge in [0, 0.05) is 24.3 Å². The topological polar surface area (TPSA) is 29.3 Å². The molecule has 2 aromatic rings. The Balaban J connectivity index is 2.36. The summed E-state index contributed by atoms with van der Waals surface area (Å²) in [6.45, 7) is 2.04. The molecule has 2 rings (SSSR count). The first-order chi connectivity index (χ1) is 6.81. The number of hydrogen-bond donors (Lipinski definition) is 1.